The average Bonchev–Trinajstić information content (AvgIpc) is 3.50. The van der Waals surface area contributed by atoms with Crippen molar-refractivity contribution in [1.29, 1.82) is 5.26 Å². The number of halogens is 7. The highest BCUT2D eigenvalue weighted by atomic mass is 35.5. The molecule has 7 nitrogen and oxygen atoms in total. The summed E-state index contributed by atoms with van der Waals surface area (Å²) >= 11 is 31.0. The molecule has 14 heteroatoms. The van der Waals surface area contributed by atoms with Crippen LogP contribution >= 0.6 is 58.0 Å². The Morgan fingerprint density at radius 3 is 2.32 bits per heavy atom. The molecule has 0 spiro atoms. The average molecular weight is 661 g/mol. The minimum atomic E-state index is -1.42. The molecule has 3 aromatic rings. The predicted molar refractivity (Wildman–Crippen MR) is 155 cm³/mol. The minimum Gasteiger partial charge on any atom is -0.326 e. The number of nitrogens with zero attached hydrogens (tertiary/aromatic N) is 2. The lowest BCUT2D eigenvalue weighted by molar-refractivity contribution is -0.118. The molecular formula is C27H17Cl5F2N4O3. The number of hydrogen-bond donors (Lipinski definition) is 2. The molecule has 2 N–H and O–H groups in total. The number of nitrogens with one attached hydrogen (secondary N) is 2. The molecule has 4 rings (SSSR count). The van der Waals surface area contributed by atoms with Gasteiger partial charge < -0.3 is 15.5 Å². The number of alkyl halides is 2. The molecule has 1 aliphatic rings. The Bertz CT molecular complexity index is 1630. The molecule has 41 heavy (non-hydrogen) atoms. The van der Waals surface area contributed by atoms with E-state index < -0.39 is 63.3 Å². The zero-order valence-corrected chi connectivity index (χ0v) is 24.5. The van der Waals surface area contributed by atoms with E-state index >= 15 is 4.39 Å². The smallest absolute Gasteiger partial charge is 0.257 e. The molecular weight excluding hydrogens is 644 g/mol. The van der Waals surface area contributed by atoms with Crippen LogP contribution < -0.4 is 15.5 Å². The van der Waals surface area contributed by atoms with Gasteiger partial charge in [-0.15, -0.1) is 23.2 Å². The van der Waals surface area contributed by atoms with Crippen molar-refractivity contribution in [2.75, 3.05) is 22.6 Å². The van der Waals surface area contributed by atoms with E-state index in [1.807, 2.05) is 0 Å². The maximum Gasteiger partial charge on any atom is 0.257 e. The third-order valence-electron chi connectivity index (χ3n) is 6.37. The molecule has 0 aliphatic heterocycles. The van der Waals surface area contributed by atoms with Gasteiger partial charge in [0.2, 0.25) is 11.8 Å². The molecule has 0 unspecified atom stereocenters. The van der Waals surface area contributed by atoms with Crippen molar-refractivity contribution in [3.8, 4) is 6.07 Å². The molecule has 0 bridgehead atoms. The third-order valence-corrected chi connectivity index (χ3v) is 8.38. The van der Waals surface area contributed by atoms with Crippen LogP contribution in [0.5, 0.6) is 0 Å². The highest BCUT2D eigenvalue weighted by Crippen LogP contribution is 2.65. The lowest BCUT2D eigenvalue weighted by Gasteiger charge is -2.19. The number of amides is 3. The Balaban J connectivity index is 1.53. The van der Waals surface area contributed by atoms with Gasteiger partial charge in [0.25, 0.3) is 5.91 Å². The van der Waals surface area contributed by atoms with Gasteiger partial charge >= 0.3 is 0 Å². The van der Waals surface area contributed by atoms with E-state index in [2.05, 4.69) is 10.6 Å². The van der Waals surface area contributed by atoms with Crippen molar-refractivity contribution in [2.24, 2.45) is 5.92 Å². The van der Waals surface area contributed by atoms with E-state index in [1.54, 1.807) is 24.3 Å². The molecule has 0 radical (unpaired) electrons. The van der Waals surface area contributed by atoms with E-state index in [0.717, 1.165) is 19.2 Å². The van der Waals surface area contributed by atoms with Gasteiger partial charge in [0.1, 0.15) is 22.3 Å². The highest BCUT2D eigenvalue weighted by molar-refractivity contribution is 6.53. The van der Waals surface area contributed by atoms with Crippen LogP contribution in [-0.4, -0.2) is 29.1 Å². The van der Waals surface area contributed by atoms with Gasteiger partial charge in [0, 0.05) is 18.7 Å². The summed E-state index contributed by atoms with van der Waals surface area (Å²) in [5, 5.41) is 14.2. The van der Waals surface area contributed by atoms with Crippen LogP contribution in [0.25, 0.3) is 0 Å². The summed E-state index contributed by atoms with van der Waals surface area (Å²) in [6, 6.07) is 12.2. The number of hydrogen-bond acceptors (Lipinski definition) is 4. The van der Waals surface area contributed by atoms with Gasteiger partial charge in [0.05, 0.1) is 38.3 Å². The Labute approximate surface area is 257 Å². The van der Waals surface area contributed by atoms with Crippen LogP contribution in [0.4, 0.5) is 25.8 Å². The zero-order valence-electron chi connectivity index (χ0n) is 20.7. The fourth-order valence-corrected chi connectivity index (χ4v) is 5.55. The monoisotopic (exact) mass is 658 g/mol. The Morgan fingerprint density at radius 2 is 1.66 bits per heavy atom. The molecule has 0 saturated heterocycles. The second-order valence-electron chi connectivity index (χ2n) is 8.99. The molecule has 0 aromatic heterocycles. The van der Waals surface area contributed by atoms with Crippen molar-refractivity contribution in [2.45, 2.75) is 16.7 Å². The maximum absolute atomic E-state index is 15.1. The van der Waals surface area contributed by atoms with E-state index in [0.29, 0.717) is 15.5 Å². The molecule has 3 amide bonds. The normalized spacial score (nSPS) is 16.9. The summed E-state index contributed by atoms with van der Waals surface area (Å²) in [6.45, 7) is 0. The van der Waals surface area contributed by atoms with Crippen molar-refractivity contribution >= 4 is 92.8 Å². The first-order valence-corrected chi connectivity index (χ1v) is 13.5. The SMILES string of the molecule is CN(C(=O)CC#N)c1c(F)ccc(NC(=O)c2cc(NC(=O)[C@H]3[C@H](c4ccc(Cl)c(Cl)c4)C3(Cl)Cl)ccc2Cl)c1F. The second kappa shape index (κ2) is 12.0. The summed E-state index contributed by atoms with van der Waals surface area (Å²) in [7, 11) is 1.10. The molecule has 3 aromatic carbocycles. The van der Waals surface area contributed by atoms with E-state index in [9.17, 15) is 18.8 Å². The van der Waals surface area contributed by atoms with E-state index in [1.165, 1.54) is 18.2 Å². The summed E-state index contributed by atoms with van der Waals surface area (Å²) in [5.74, 6) is -6.04. The summed E-state index contributed by atoms with van der Waals surface area (Å²) in [6.07, 6.45) is -0.607. The van der Waals surface area contributed by atoms with Crippen molar-refractivity contribution in [3.63, 3.8) is 0 Å². The fraction of sp³-hybridized carbons (Fsp3) is 0.185. The Hall–Kier alpha value is -3.13. The first-order chi connectivity index (χ1) is 19.3. The van der Waals surface area contributed by atoms with Crippen LogP contribution in [0.3, 0.4) is 0 Å². The lowest BCUT2D eigenvalue weighted by atomic mass is 10.1. The summed E-state index contributed by atoms with van der Waals surface area (Å²) in [5.41, 5.74) is -0.577. The van der Waals surface area contributed by atoms with E-state index in [4.69, 9.17) is 63.3 Å². The van der Waals surface area contributed by atoms with Crippen molar-refractivity contribution in [1.82, 2.24) is 0 Å². The molecule has 0 heterocycles. The summed E-state index contributed by atoms with van der Waals surface area (Å²) < 4.78 is 28.1. The molecule has 1 saturated carbocycles. The minimum absolute atomic E-state index is 0.0336. The van der Waals surface area contributed by atoms with Gasteiger partial charge in [-0.25, -0.2) is 8.78 Å². The van der Waals surface area contributed by atoms with Gasteiger partial charge in [-0.1, -0.05) is 40.9 Å². The molecule has 212 valence electrons. The largest absolute Gasteiger partial charge is 0.326 e. The second-order valence-corrected chi connectivity index (χ2v) is 11.7. The number of nitriles is 1. The van der Waals surface area contributed by atoms with Gasteiger partial charge in [0.15, 0.2) is 5.82 Å². The quantitative estimate of drug-likeness (QED) is 0.255. The van der Waals surface area contributed by atoms with Crippen LogP contribution in [0.1, 0.15) is 28.3 Å². The number of benzene rings is 3. The third kappa shape index (κ3) is 6.22. The lowest BCUT2D eigenvalue weighted by Crippen LogP contribution is -2.28. The Morgan fingerprint density at radius 1 is 0.976 bits per heavy atom. The van der Waals surface area contributed by atoms with Crippen molar-refractivity contribution in [3.05, 3.63) is 86.4 Å². The van der Waals surface area contributed by atoms with Gasteiger partial charge in [-0.3, -0.25) is 14.4 Å². The Kier molecular flexibility index (Phi) is 9.02. The number of rotatable bonds is 7. The van der Waals surface area contributed by atoms with Gasteiger partial charge in [-0.2, -0.15) is 5.26 Å². The van der Waals surface area contributed by atoms with Gasteiger partial charge in [-0.05, 0) is 48.0 Å². The highest BCUT2D eigenvalue weighted by Gasteiger charge is 2.67. The topological polar surface area (TPSA) is 102 Å². The van der Waals surface area contributed by atoms with Crippen LogP contribution in [-0.2, 0) is 9.59 Å². The molecule has 1 fully saturated rings. The molecule has 1 aliphatic carbocycles. The molecule has 2 atom stereocenters. The number of anilines is 3. The predicted octanol–water partition coefficient (Wildman–Crippen LogP) is 7.58. The summed E-state index contributed by atoms with van der Waals surface area (Å²) in [4.78, 5) is 38.7. The fourth-order valence-electron chi connectivity index (χ4n) is 4.22. The first-order valence-electron chi connectivity index (χ1n) is 11.6. The van der Waals surface area contributed by atoms with Crippen LogP contribution in [0.15, 0.2) is 48.5 Å². The number of carbonyl (C=O) groups excluding carboxylic acids is 3. The maximum atomic E-state index is 15.1. The zero-order chi connectivity index (χ0) is 30.2. The van der Waals surface area contributed by atoms with Crippen LogP contribution in [0.2, 0.25) is 15.1 Å². The first kappa shape index (κ1) is 30.8. The van der Waals surface area contributed by atoms with Crippen LogP contribution in [0, 0.1) is 28.9 Å². The standard InChI is InChI=1S/C27H17Cl5F2N4O3/c1-38(20(39)8-9-35)24-18(33)6-7-19(23(24)34)37-25(40)14-11-13(3-5-15(14)28)36-26(41)22-21(27(22,31)32)12-2-4-16(29)17(30)10-12/h2-7,10-11,21-22H,8H2,1H3,(H,36,41)(H,37,40)/t21-,22+/m0/s1. The van der Waals surface area contributed by atoms with Crippen molar-refractivity contribution < 1.29 is 23.2 Å². The number of carbonyl (C=O) groups is 3. The van der Waals surface area contributed by atoms with E-state index in [-0.39, 0.29) is 21.3 Å².